The maximum absolute atomic E-state index is 9.72. The standard InChI is InChI=1S/C13H19N3O/c1-3-6-16-8-12(15)10-4-5-11(9(2)14)13(17)7-10/h4-5,7,14-17H,3,6,8H2,1-2H3. The van der Waals surface area contributed by atoms with Crippen LogP contribution in [-0.2, 0) is 0 Å². The molecule has 4 heteroatoms. The Morgan fingerprint density at radius 3 is 2.59 bits per heavy atom. The Hall–Kier alpha value is -1.68. The molecule has 1 aromatic rings. The number of phenols is 1. The van der Waals surface area contributed by atoms with Crippen LogP contribution in [0.5, 0.6) is 5.75 Å². The highest BCUT2D eigenvalue weighted by Crippen LogP contribution is 2.19. The van der Waals surface area contributed by atoms with E-state index in [-0.39, 0.29) is 5.75 Å². The van der Waals surface area contributed by atoms with Crippen molar-refractivity contribution >= 4 is 11.4 Å². The number of hydrogen-bond donors (Lipinski definition) is 4. The van der Waals surface area contributed by atoms with Crippen molar-refractivity contribution in [2.45, 2.75) is 20.3 Å². The molecule has 0 fully saturated rings. The predicted octanol–water partition coefficient (Wildman–Crippen LogP) is 2.15. The third-order valence-electron chi connectivity index (χ3n) is 2.48. The first kappa shape index (κ1) is 13.4. The van der Waals surface area contributed by atoms with Gasteiger partial charge in [-0.1, -0.05) is 13.0 Å². The Kier molecular flexibility index (Phi) is 4.84. The Bertz CT molecular complexity index is 427. The molecular formula is C13H19N3O. The van der Waals surface area contributed by atoms with E-state index in [1.807, 2.05) is 0 Å². The molecule has 0 aromatic heterocycles. The second kappa shape index (κ2) is 6.15. The molecule has 1 rings (SSSR count). The highest BCUT2D eigenvalue weighted by atomic mass is 16.3. The van der Waals surface area contributed by atoms with Gasteiger partial charge in [0.2, 0.25) is 0 Å². The largest absolute Gasteiger partial charge is 0.507 e. The monoisotopic (exact) mass is 233 g/mol. The van der Waals surface area contributed by atoms with E-state index in [0.29, 0.717) is 29.1 Å². The van der Waals surface area contributed by atoms with Gasteiger partial charge in [0.25, 0.3) is 0 Å². The maximum Gasteiger partial charge on any atom is 0.125 e. The summed E-state index contributed by atoms with van der Waals surface area (Å²) in [5, 5.41) is 28.2. The van der Waals surface area contributed by atoms with Crippen LogP contribution in [0, 0.1) is 10.8 Å². The van der Waals surface area contributed by atoms with Crippen molar-refractivity contribution < 1.29 is 5.11 Å². The quantitative estimate of drug-likeness (QED) is 0.448. The number of phenolic OH excluding ortho intramolecular Hbond substituents is 1. The topological polar surface area (TPSA) is 80.0 Å². The first-order chi connectivity index (χ1) is 8.06. The van der Waals surface area contributed by atoms with Crippen LogP contribution in [0.2, 0.25) is 0 Å². The molecule has 0 heterocycles. The van der Waals surface area contributed by atoms with E-state index in [1.54, 1.807) is 25.1 Å². The number of benzene rings is 1. The van der Waals surface area contributed by atoms with Gasteiger partial charge in [0.1, 0.15) is 5.75 Å². The van der Waals surface area contributed by atoms with Crippen molar-refractivity contribution in [1.29, 1.82) is 10.8 Å². The molecule has 0 aliphatic carbocycles. The van der Waals surface area contributed by atoms with Gasteiger partial charge in [-0.15, -0.1) is 0 Å². The van der Waals surface area contributed by atoms with Crippen molar-refractivity contribution in [2.24, 2.45) is 0 Å². The lowest BCUT2D eigenvalue weighted by Crippen LogP contribution is -2.23. The molecule has 0 saturated heterocycles. The summed E-state index contributed by atoms with van der Waals surface area (Å²) in [5.74, 6) is 0.0650. The van der Waals surface area contributed by atoms with Crippen molar-refractivity contribution in [1.82, 2.24) is 5.32 Å². The summed E-state index contributed by atoms with van der Waals surface area (Å²) >= 11 is 0. The van der Waals surface area contributed by atoms with Crippen LogP contribution in [0.3, 0.4) is 0 Å². The third kappa shape index (κ3) is 3.67. The minimum absolute atomic E-state index is 0.0650. The zero-order chi connectivity index (χ0) is 12.8. The van der Waals surface area contributed by atoms with Crippen LogP contribution >= 0.6 is 0 Å². The average molecular weight is 233 g/mol. The molecule has 0 bridgehead atoms. The number of hydrogen-bond acceptors (Lipinski definition) is 4. The molecule has 0 atom stereocenters. The van der Waals surface area contributed by atoms with E-state index < -0.39 is 0 Å². The second-order valence-corrected chi connectivity index (χ2v) is 4.01. The molecule has 1 aromatic carbocycles. The van der Waals surface area contributed by atoms with Crippen molar-refractivity contribution in [3.8, 4) is 5.75 Å². The lowest BCUT2D eigenvalue weighted by atomic mass is 10.0. The minimum Gasteiger partial charge on any atom is -0.507 e. The van der Waals surface area contributed by atoms with Crippen LogP contribution in [0.1, 0.15) is 31.4 Å². The van der Waals surface area contributed by atoms with Gasteiger partial charge >= 0.3 is 0 Å². The van der Waals surface area contributed by atoms with Crippen LogP contribution in [0.4, 0.5) is 0 Å². The molecule has 0 unspecified atom stereocenters. The van der Waals surface area contributed by atoms with Crippen molar-refractivity contribution in [3.63, 3.8) is 0 Å². The van der Waals surface area contributed by atoms with Crippen molar-refractivity contribution in [2.75, 3.05) is 13.1 Å². The fraction of sp³-hybridized carbons (Fsp3) is 0.385. The molecule has 0 saturated carbocycles. The summed E-state index contributed by atoms with van der Waals surface area (Å²) in [6.07, 6.45) is 1.03. The maximum atomic E-state index is 9.72. The molecule has 92 valence electrons. The van der Waals surface area contributed by atoms with Gasteiger partial charge in [0.05, 0.1) is 5.71 Å². The molecule has 0 amide bonds. The summed E-state index contributed by atoms with van der Waals surface area (Å²) in [5.41, 5.74) is 1.98. The highest BCUT2D eigenvalue weighted by molar-refractivity contribution is 6.03. The van der Waals surface area contributed by atoms with Gasteiger partial charge in [-0.3, -0.25) is 0 Å². The normalized spacial score (nSPS) is 10.2. The minimum atomic E-state index is 0.0650. The van der Waals surface area contributed by atoms with Crippen LogP contribution in [0.15, 0.2) is 18.2 Å². The number of aromatic hydroxyl groups is 1. The van der Waals surface area contributed by atoms with Crippen LogP contribution < -0.4 is 5.32 Å². The average Bonchev–Trinajstić information content (AvgIpc) is 2.28. The van der Waals surface area contributed by atoms with Gasteiger partial charge in [0, 0.05) is 23.4 Å². The molecule has 4 nitrogen and oxygen atoms in total. The zero-order valence-corrected chi connectivity index (χ0v) is 10.3. The van der Waals surface area contributed by atoms with Gasteiger partial charge < -0.3 is 21.2 Å². The lowest BCUT2D eigenvalue weighted by molar-refractivity contribution is 0.474. The van der Waals surface area contributed by atoms with Crippen molar-refractivity contribution in [3.05, 3.63) is 29.3 Å². The Morgan fingerprint density at radius 1 is 1.35 bits per heavy atom. The summed E-state index contributed by atoms with van der Waals surface area (Å²) in [6.45, 7) is 5.08. The lowest BCUT2D eigenvalue weighted by Gasteiger charge is -2.08. The van der Waals surface area contributed by atoms with E-state index in [0.717, 1.165) is 13.0 Å². The van der Waals surface area contributed by atoms with Crippen LogP contribution in [0.25, 0.3) is 0 Å². The Morgan fingerprint density at radius 2 is 2.06 bits per heavy atom. The summed E-state index contributed by atoms with van der Waals surface area (Å²) < 4.78 is 0. The molecule has 0 radical (unpaired) electrons. The Labute approximate surface area is 102 Å². The van der Waals surface area contributed by atoms with E-state index in [1.165, 1.54) is 0 Å². The molecule has 0 aliphatic rings. The summed E-state index contributed by atoms with van der Waals surface area (Å²) in [7, 11) is 0. The predicted molar refractivity (Wildman–Crippen MR) is 70.6 cm³/mol. The molecular weight excluding hydrogens is 214 g/mol. The summed E-state index contributed by atoms with van der Waals surface area (Å²) in [4.78, 5) is 0. The van der Waals surface area contributed by atoms with Gasteiger partial charge in [-0.05, 0) is 32.0 Å². The van der Waals surface area contributed by atoms with E-state index in [4.69, 9.17) is 10.8 Å². The first-order valence-corrected chi connectivity index (χ1v) is 5.73. The van der Waals surface area contributed by atoms with Gasteiger partial charge in [-0.2, -0.15) is 0 Å². The van der Waals surface area contributed by atoms with E-state index in [2.05, 4.69) is 12.2 Å². The summed E-state index contributed by atoms with van der Waals surface area (Å²) in [6, 6.07) is 4.99. The number of rotatable bonds is 6. The fourth-order valence-corrected chi connectivity index (χ4v) is 1.53. The molecule has 17 heavy (non-hydrogen) atoms. The van der Waals surface area contributed by atoms with E-state index >= 15 is 0 Å². The Balaban J connectivity index is 2.76. The number of nitrogens with one attached hydrogen (secondary N) is 3. The van der Waals surface area contributed by atoms with Crippen LogP contribution in [-0.4, -0.2) is 29.6 Å². The smallest absolute Gasteiger partial charge is 0.125 e. The van der Waals surface area contributed by atoms with E-state index in [9.17, 15) is 5.11 Å². The second-order valence-electron chi connectivity index (χ2n) is 4.01. The van der Waals surface area contributed by atoms with Gasteiger partial charge in [0.15, 0.2) is 0 Å². The fourth-order valence-electron chi connectivity index (χ4n) is 1.53. The third-order valence-corrected chi connectivity index (χ3v) is 2.48. The van der Waals surface area contributed by atoms with Gasteiger partial charge in [-0.25, -0.2) is 0 Å². The SMILES string of the molecule is CCCNCC(=N)c1ccc(C(C)=N)c(O)c1. The zero-order valence-electron chi connectivity index (χ0n) is 10.3. The molecule has 0 aliphatic heterocycles. The first-order valence-electron chi connectivity index (χ1n) is 5.73. The molecule has 4 N–H and O–H groups in total. The highest BCUT2D eigenvalue weighted by Gasteiger charge is 2.07. The molecule has 0 spiro atoms.